The molecule has 2 saturated heterocycles. The average molecular weight is 491 g/mol. The van der Waals surface area contributed by atoms with Crippen LogP contribution in [-0.4, -0.2) is 88.0 Å². The van der Waals surface area contributed by atoms with Gasteiger partial charge in [0.1, 0.15) is 12.1 Å². The third kappa shape index (κ3) is 4.61. The molecule has 33 heavy (non-hydrogen) atoms. The minimum Gasteiger partial charge on any atom is -0.457 e. The first-order valence-electron chi connectivity index (χ1n) is 11.3. The van der Waals surface area contributed by atoms with E-state index in [0.29, 0.717) is 22.9 Å². The van der Waals surface area contributed by atoms with Crippen LogP contribution in [0.2, 0.25) is 0 Å². The molecule has 0 unspecified atom stereocenters. The van der Waals surface area contributed by atoms with Gasteiger partial charge in [-0.1, -0.05) is 11.8 Å². The number of esters is 1. The van der Waals surface area contributed by atoms with Gasteiger partial charge in [0, 0.05) is 38.3 Å². The van der Waals surface area contributed by atoms with E-state index in [9.17, 15) is 14.4 Å². The van der Waals surface area contributed by atoms with Crippen LogP contribution in [-0.2, 0) is 16.1 Å². The van der Waals surface area contributed by atoms with Crippen LogP contribution in [0, 0.1) is 0 Å². The van der Waals surface area contributed by atoms with Crippen molar-refractivity contribution in [2.75, 3.05) is 50.4 Å². The van der Waals surface area contributed by atoms with Crippen molar-refractivity contribution in [3.8, 4) is 0 Å². The van der Waals surface area contributed by atoms with Crippen LogP contribution >= 0.6 is 24.0 Å². The highest BCUT2D eigenvalue weighted by molar-refractivity contribution is 8.12. The van der Waals surface area contributed by atoms with E-state index in [4.69, 9.17) is 17.0 Å². The van der Waals surface area contributed by atoms with Gasteiger partial charge in [0.15, 0.2) is 5.11 Å². The largest absolute Gasteiger partial charge is 0.457 e. The van der Waals surface area contributed by atoms with Crippen molar-refractivity contribution in [3.63, 3.8) is 0 Å². The van der Waals surface area contributed by atoms with Gasteiger partial charge in [-0.05, 0) is 69.9 Å². The highest BCUT2D eigenvalue weighted by atomic mass is 32.2. The van der Waals surface area contributed by atoms with Crippen LogP contribution in [0.1, 0.15) is 42.6 Å². The summed E-state index contributed by atoms with van der Waals surface area (Å²) in [6.45, 7) is 9.07. The summed E-state index contributed by atoms with van der Waals surface area (Å²) in [6, 6.07) is 5.29. The molecule has 178 valence electrons. The second-order valence-electron chi connectivity index (χ2n) is 9.06. The first-order valence-corrected chi connectivity index (χ1v) is 12.9. The summed E-state index contributed by atoms with van der Waals surface area (Å²) in [5, 5.41) is 0.649. The fraction of sp³-hybridized carbons (Fsp3) is 0.565. The van der Waals surface area contributed by atoms with E-state index >= 15 is 0 Å². The van der Waals surface area contributed by atoms with Gasteiger partial charge in [-0.2, -0.15) is 0 Å². The quantitative estimate of drug-likeness (QED) is 0.342. The number of unbranched alkanes of at least 4 members (excludes halogenated alkanes) is 1. The summed E-state index contributed by atoms with van der Waals surface area (Å²) in [5.74, 6) is -0.390. The number of carbonyl (C=O) groups is 3. The van der Waals surface area contributed by atoms with Gasteiger partial charge in [-0.25, -0.2) is 4.79 Å². The van der Waals surface area contributed by atoms with Crippen LogP contribution < -0.4 is 4.90 Å². The first kappa shape index (κ1) is 24.0. The predicted molar refractivity (Wildman–Crippen MR) is 133 cm³/mol. The number of thioether (sulfide) groups is 1. The molecule has 0 aromatic heterocycles. The SMILES string of the molecule is CSC(=O)N1CCN(CCCCN2C(=S)N(c3ccc4c(c3)COC4=O)C(=O)C2(C)C)CC1. The van der Waals surface area contributed by atoms with Crippen LogP contribution in [0.15, 0.2) is 18.2 Å². The van der Waals surface area contributed by atoms with Crippen LogP contribution in [0.5, 0.6) is 0 Å². The maximum Gasteiger partial charge on any atom is 0.338 e. The van der Waals surface area contributed by atoms with Crippen LogP contribution in [0.4, 0.5) is 10.5 Å². The molecule has 0 N–H and O–H groups in total. The number of piperazine rings is 1. The molecule has 2 fully saturated rings. The summed E-state index contributed by atoms with van der Waals surface area (Å²) in [4.78, 5) is 44.7. The van der Waals surface area contributed by atoms with Crippen LogP contribution in [0.25, 0.3) is 0 Å². The lowest BCUT2D eigenvalue weighted by Crippen LogP contribution is -2.48. The van der Waals surface area contributed by atoms with E-state index in [1.165, 1.54) is 11.8 Å². The maximum absolute atomic E-state index is 13.3. The molecular formula is C23H30N4O4S2. The molecule has 1 aromatic rings. The standard InChI is InChI=1S/C23H30N4O4S2/c1-23(2)20(29)27(17-6-7-18-16(14-17)15-31-19(18)28)21(32)26(23)9-5-4-8-24-10-12-25(13-11-24)22(30)33-3/h6-7,14H,4-5,8-13,15H2,1-3H3. The van der Waals surface area contributed by atoms with E-state index < -0.39 is 5.54 Å². The number of fused-ring (bicyclic) bond motifs is 1. The fourth-order valence-electron chi connectivity index (χ4n) is 4.59. The molecule has 0 aliphatic carbocycles. The van der Waals surface area contributed by atoms with Gasteiger partial charge < -0.3 is 14.5 Å². The van der Waals surface area contributed by atoms with Crippen LogP contribution in [0.3, 0.4) is 0 Å². The van der Waals surface area contributed by atoms with Gasteiger partial charge in [0.25, 0.3) is 11.1 Å². The zero-order valence-corrected chi connectivity index (χ0v) is 21.0. The molecule has 0 radical (unpaired) electrons. The number of carbonyl (C=O) groups excluding carboxylic acids is 3. The fourth-order valence-corrected chi connectivity index (χ4v) is 5.53. The molecule has 0 bridgehead atoms. The summed E-state index contributed by atoms with van der Waals surface area (Å²) in [5.41, 5.74) is 1.27. The highest BCUT2D eigenvalue weighted by Crippen LogP contribution is 2.34. The highest BCUT2D eigenvalue weighted by Gasteiger charge is 2.49. The third-order valence-corrected chi connectivity index (χ3v) is 7.67. The molecule has 10 heteroatoms. The van der Waals surface area contributed by atoms with Crippen molar-refractivity contribution < 1.29 is 19.1 Å². The van der Waals surface area contributed by atoms with Gasteiger partial charge in [-0.15, -0.1) is 0 Å². The Morgan fingerprint density at radius 2 is 1.82 bits per heavy atom. The molecule has 8 nitrogen and oxygen atoms in total. The number of amides is 2. The Bertz CT molecular complexity index is 975. The number of hydrogen-bond acceptors (Lipinski definition) is 7. The zero-order chi connectivity index (χ0) is 23.8. The van der Waals surface area contributed by atoms with E-state index in [1.54, 1.807) is 17.0 Å². The van der Waals surface area contributed by atoms with Gasteiger partial charge >= 0.3 is 5.97 Å². The van der Waals surface area contributed by atoms with Crippen molar-refractivity contribution in [3.05, 3.63) is 29.3 Å². The number of hydrogen-bond donors (Lipinski definition) is 0. The van der Waals surface area contributed by atoms with Crippen molar-refractivity contribution in [2.45, 2.75) is 38.8 Å². The summed E-state index contributed by atoms with van der Waals surface area (Å²) < 4.78 is 5.09. The number of benzene rings is 1. The Morgan fingerprint density at radius 3 is 2.52 bits per heavy atom. The lowest BCUT2D eigenvalue weighted by Gasteiger charge is -2.34. The minimum absolute atomic E-state index is 0.0627. The molecule has 0 saturated carbocycles. The number of ether oxygens (including phenoxy) is 1. The number of thiocarbonyl (C=S) groups is 1. The molecule has 3 heterocycles. The number of nitrogens with zero attached hydrogens (tertiary/aromatic N) is 4. The normalized spacial score (nSPS) is 20.5. The number of anilines is 1. The predicted octanol–water partition coefficient (Wildman–Crippen LogP) is 2.95. The average Bonchev–Trinajstić information content (AvgIpc) is 3.25. The lowest BCUT2D eigenvalue weighted by atomic mass is 10.0. The smallest absolute Gasteiger partial charge is 0.338 e. The Morgan fingerprint density at radius 1 is 1.12 bits per heavy atom. The van der Waals surface area contributed by atoms with Crippen molar-refractivity contribution in [2.24, 2.45) is 0 Å². The molecule has 3 aliphatic rings. The van der Waals surface area contributed by atoms with Gasteiger partial charge in [0.05, 0.1) is 11.3 Å². The zero-order valence-electron chi connectivity index (χ0n) is 19.3. The second-order valence-corrected chi connectivity index (χ2v) is 10.2. The summed E-state index contributed by atoms with van der Waals surface area (Å²) in [7, 11) is 0. The minimum atomic E-state index is -0.730. The van der Waals surface area contributed by atoms with E-state index in [2.05, 4.69) is 4.90 Å². The number of rotatable bonds is 6. The summed E-state index contributed by atoms with van der Waals surface area (Å²) in [6.07, 6.45) is 3.74. The molecule has 1 aromatic carbocycles. The topological polar surface area (TPSA) is 73.4 Å². The van der Waals surface area contributed by atoms with Crippen molar-refractivity contribution >= 4 is 51.9 Å². The Kier molecular flexibility index (Phi) is 6.97. The Labute approximate surface area is 204 Å². The first-order chi connectivity index (χ1) is 15.7. The van der Waals surface area contributed by atoms with E-state index in [-0.39, 0.29) is 23.7 Å². The van der Waals surface area contributed by atoms with E-state index in [0.717, 1.165) is 51.1 Å². The summed E-state index contributed by atoms with van der Waals surface area (Å²) >= 11 is 7.00. The van der Waals surface area contributed by atoms with Crippen molar-refractivity contribution in [1.82, 2.24) is 14.7 Å². The Hall–Kier alpha value is -2.17. The lowest BCUT2D eigenvalue weighted by molar-refractivity contribution is -0.123. The Balaban J connectivity index is 1.32. The molecule has 0 atom stereocenters. The molecular weight excluding hydrogens is 460 g/mol. The molecule has 4 rings (SSSR count). The molecule has 2 amide bonds. The molecule has 3 aliphatic heterocycles. The van der Waals surface area contributed by atoms with E-state index in [1.807, 2.05) is 36.0 Å². The maximum atomic E-state index is 13.3. The number of cyclic esters (lactones) is 1. The monoisotopic (exact) mass is 490 g/mol. The molecule has 0 spiro atoms. The van der Waals surface area contributed by atoms with Crippen molar-refractivity contribution in [1.29, 1.82) is 0 Å². The third-order valence-electron chi connectivity index (χ3n) is 6.66. The van der Waals surface area contributed by atoms with Gasteiger partial charge in [-0.3, -0.25) is 19.4 Å². The van der Waals surface area contributed by atoms with Gasteiger partial charge in [0.2, 0.25) is 0 Å². The second kappa shape index (κ2) is 9.60.